The molecule has 1 saturated heterocycles. The molecule has 1 heterocycles. The molecule has 1 amide bonds. The molecule has 21 heavy (non-hydrogen) atoms. The first kappa shape index (κ1) is 14.9. The van der Waals surface area contributed by atoms with Crippen molar-refractivity contribution in [2.45, 2.75) is 25.0 Å². The van der Waals surface area contributed by atoms with E-state index in [-0.39, 0.29) is 24.2 Å². The average molecular weight is 294 g/mol. The Morgan fingerprint density at radius 1 is 1.33 bits per heavy atom. The van der Waals surface area contributed by atoms with Crippen LogP contribution in [0.3, 0.4) is 0 Å². The second kappa shape index (κ2) is 6.31. The van der Waals surface area contributed by atoms with Gasteiger partial charge < -0.3 is 15.2 Å². The van der Waals surface area contributed by atoms with Gasteiger partial charge in [-0.25, -0.2) is 4.79 Å². The van der Waals surface area contributed by atoms with Gasteiger partial charge in [-0.3, -0.25) is 14.9 Å². The molecule has 8 nitrogen and oxygen atoms in total. The van der Waals surface area contributed by atoms with Gasteiger partial charge >= 0.3 is 5.97 Å². The van der Waals surface area contributed by atoms with Gasteiger partial charge in [0.15, 0.2) is 6.10 Å². The summed E-state index contributed by atoms with van der Waals surface area (Å²) in [5.74, 6) is -1.38. The van der Waals surface area contributed by atoms with Gasteiger partial charge in [-0.2, -0.15) is 0 Å². The van der Waals surface area contributed by atoms with Gasteiger partial charge in [0.2, 0.25) is 0 Å². The fourth-order valence-electron chi connectivity index (χ4n) is 2.08. The van der Waals surface area contributed by atoms with Crippen LogP contribution in [0.5, 0.6) is 0 Å². The van der Waals surface area contributed by atoms with E-state index >= 15 is 0 Å². The number of nitro groups is 1. The molecule has 2 rings (SSSR count). The Balaban J connectivity index is 1.85. The van der Waals surface area contributed by atoms with Crippen molar-refractivity contribution < 1.29 is 24.4 Å². The van der Waals surface area contributed by atoms with Gasteiger partial charge in [0.25, 0.3) is 11.6 Å². The number of hydrogen-bond donors (Lipinski definition) is 2. The smallest absolute Gasteiger partial charge is 0.332 e. The maximum atomic E-state index is 11.8. The maximum Gasteiger partial charge on any atom is 0.332 e. The van der Waals surface area contributed by atoms with Gasteiger partial charge in [-0.1, -0.05) is 0 Å². The Bertz CT molecular complexity index is 556. The summed E-state index contributed by atoms with van der Waals surface area (Å²) in [6.07, 6.45) is -0.148. The van der Waals surface area contributed by atoms with E-state index < -0.39 is 17.0 Å². The highest BCUT2D eigenvalue weighted by molar-refractivity contribution is 5.94. The molecule has 1 fully saturated rings. The SMILES string of the molecule is O=C(NCC1CCC(C(=O)O)O1)c1ccc([N+](=O)[O-])cc1. The Morgan fingerprint density at radius 3 is 2.52 bits per heavy atom. The molecule has 2 N–H and O–H groups in total. The van der Waals surface area contributed by atoms with Crippen molar-refractivity contribution in [2.75, 3.05) is 6.54 Å². The number of aliphatic carboxylic acids is 1. The predicted molar refractivity (Wildman–Crippen MR) is 71.0 cm³/mol. The van der Waals surface area contributed by atoms with Crippen molar-refractivity contribution in [3.63, 3.8) is 0 Å². The molecule has 0 aliphatic carbocycles. The number of carboxylic acids is 1. The third kappa shape index (κ3) is 3.76. The van der Waals surface area contributed by atoms with Crippen LogP contribution in [-0.4, -0.2) is 40.7 Å². The summed E-state index contributed by atoms with van der Waals surface area (Å²) < 4.78 is 5.26. The monoisotopic (exact) mass is 294 g/mol. The van der Waals surface area contributed by atoms with Crippen molar-refractivity contribution in [3.05, 3.63) is 39.9 Å². The van der Waals surface area contributed by atoms with E-state index in [0.717, 1.165) is 0 Å². The summed E-state index contributed by atoms with van der Waals surface area (Å²) in [6.45, 7) is 0.208. The van der Waals surface area contributed by atoms with Crippen LogP contribution >= 0.6 is 0 Å². The highest BCUT2D eigenvalue weighted by Gasteiger charge is 2.30. The number of carbonyl (C=O) groups excluding carboxylic acids is 1. The molecule has 112 valence electrons. The zero-order valence-corrected chi connectivity index (χ0v) is 11.0. The fourth-order valence-corrected chi connectivity index (χ4v) is 2.08. The molecule has 8 heteroatoms. The summed E-state index contributed by atoms with van der Waals surface area (Å²) in [7, 11) is 0. The number of nitro benzene ring substituents is 1. The van der Waals surface area contributed by atoms with Crippen LogP contribution in [0.4, 0.5) is 5.69 Å². The second-order valence-corrected chi connectivity index (χ2v) is 4.68. The number of benzene rings is 1. The van der Waals surface area contributed by atoms with E-state index in [1.165, 1.54) is 24.3 Å². The van der Waals surface area contributed by atoms with Crippen molar-refractivity contribution in [2.24, 2.45) is 0 Å². The van der Waals surface area contributed by atoms with Gasteiger partial charge in [-0.05, 0) is 25.0 Å². The van der Waals surface area contributed by atoms with E-state index in [1.54, 1.807) is 0 Å². The standard InChI is InChI=1S/C13H14N2O6/c16-12(8-1-3-9(4-2-8)15(19)20)14-7-10-5-6-11(21-10)13(17)18/h1-4,10-11H,5-7H2,(H,14,16)(H,17,18). The van der Waals surface area contributed by atoms with E-state index in [4.69, 9.17) is 9.84 Å². The van der Waals surface area contributed by atoms with E-state index in [9.17, 15) is 19.7 Å². The van der Waals surface area contributed by atoms with E-state index in [2.05, 4.69) is 5.32 Å². The summed E-state index contributed by atoms with van der Waals surface area (Å²) in [5, 5.41) is 21.9. The van der Waals surface area contributed by atoms with Crippen LogP contribution in [0, 0.1) is 10.1 Å². The molecular formula is C13H14N2O6. The number of hydrogen-bond acceptors (Lipinski definition) is 5. The number of rotatable bonds is 5. The van der Waals surface area contributed by atoms with Gasteiger partial charge in [0.1, 0.15) is 0 Å². The third-order valence-electron chi connectivity index (χ3n) is 3.21. The first-order chi connectivity index (χ1) is 9.97. The van der Waals surface area contributed by atoms with Crippen molar-refractivity contribution in [1.82, 2.24) is 5.32 Å². The molecule has 1 aliphatic rings. The molecule has 0 spiro atoms. The highest BCUT2D eigenvalue weighted by atomic mass is 16.6. The second-order valence-electron chi connectivity index (χ2n) is 4.68. The lowest BCUT2D eigenvalue weighted by Gasteiger charge is -2.12. The summed E-state index contributed by atoms with van der Waals surface area (Å²) >= 11 is 0. The van der Waals surface area contributed by atoms with Crippen LogP contribution in [-0.2, 0) is 9.53 Å². The fraction of sp³-hybridized carbons (Fsp3) is 0.385. The lowest BCUT2D eigenvalue weighted by molar-refractivity contribution is -0.384. The minimum atomic E-state index is -1.00. The Labute approximate surface area is 119 Å². The zero-order chi connectivity index (χ0) is 15.4. The number of ether oxygens (including phenoxy) is 1. The average Bonchev–Trinajstić information content (AvgIpc) is 2.94. The molecule has 2 atom stereocenters. The predicted octanol–water partition coefficient (Wildman–Crippen LogP) is 0.957. The summed E-state index contributed by atoms with van der Waals surface area (Å²) in [5.41, 5.74) is 0.211. The van der Waals surface area contributed by atoms with Gasteiger partial charge in [0.05, 0.1) is 11.0 Å². The normalized spacial score (nSPS) is 21.0. The lowest BCUT2D eigenvalue weighted by atomic mass is 10.1. The van der Waals surface area contributed by atoms with Crippen molar-refractivity contribution >= 4 is 17.6 Å². The first-order valence-electron chi connectivity index (χ1n) is 6.38. The minimum Gasteiger partial charge on any atom is -0.479 e. The molecular weight excluding hydrogens is 280 g/mol. The third-order valence-corrected chi connectivity index (χ3v) is 3.21. The largest absolute Gasteiger partial charge is 0.479 e. The minimum absolute atomic E-state index is 0.0880. The molecule has 0 radical (unpaired) electrons. The van der Waals surface area contributed by atoms with Crippen LogP contribution in [0.25, 0.3) is 0 Å². The van der Waals surface area contributed by atoms with Crippen molar-refractivity contribution in [3.8, 4) is 0 Å². The van der Waals surface area contributed by atoms with Crippen molar-refractivity contribution in [1.29, 1.82) is 0 Å². The number of carbonyl (C=O) groups is 2. The number of nitrogens with zero attached hydrogens (tertiary/aromatic N) is 1. The molecule has 0 aromatic heterocycles. The Kier molecular flexibility index (Phi) is 4.49. The molecule has 0 bridgehead atoms. The summed E-state index contributed by atoms with van der Waals surface area (Å²) in [4.78, 5) is 32.5. The quantitative estimate of drug-likeness (QED) is 0.616. The molecule has 1 aromatic carbocycles. The molecule has 0 saturated carbocycles. The number of amides is 1. The topological polar surface area (TPSA) is 119 Å². The summed E-state index contributed by atoms with van der Waals surface area (Å²) in [6, 6.07) is 5.23. The van der Waals surface area contributed by atoms with Crippen LogP contribution in [0.2, 0.25) is 0 Å². The number of non-ortho nitro benzene ring substituents is 1. The Morgan fingerprint density at radius 2 is 2.00 bits per heavy atom. The van der Waals surface area contributed by atoms with Crippen LogP contribution < -0.4 is 5.32 Å². The molecule has 1 aromatic rings. The highest BCUT2D eigenvalue weighted by Crippen LogP contribution is 2.19. The lowest BCUT2D eigenvalue weighted by Crippen LogP contribution is -2.33. The molecule has 1 aliphatic heterocycles. The number of nitrogens with one attached hydrogen (secondary N) is 1. The molecule has 2 unspecified atom stereocenters. The van der Waals surface area contributed by atoms with Gasteiger partial charge in [0, 0.05) is 24.2 Å². The van der Waals surface area contributed by atoms with Crippen LogP contribution in [0.1, 0.15) is 23.2 Å². The maximum absolute atomic E-state index is 11.8. The van der Waals surface area contributed by atoms with E-state index in [0.29, 0.717) is 18.4 Å². The first-order valence-corrected chi connectivity index (χ1v) is 6.38. The Hall–Kier alpha value is -2.48. The van der Waals surface area contributed by atoms with Crippen LogP contribution in [0.15, 0.2) is 24.3 Å². The van der Waals surface area contributed by atoms with E-state index in [1.807, 2.05) is 0 Å². The van der Waals surface area contributed by atoms with Gasteiger partial charge in [-0.15, -0.1) is 0 Å². The zero-order valence-electron chi connectivity index (χ0n) is 11.0. The number of carboxylic acid groups (broad SMARTS) is 1.